The van der Waals surface area contributed by atoms with Crippen LogP contribution >= 0.6 is 11.6 Å². The summed E-state index contributed by atoms with van der Waals surface area (Å²) >= 11 is 3.47. The van der Waals surface area contributed by atoms with Gasteiger partial charge in [-0.25, -0.2) is 9.20 Å². The van der Waals surface area contributed by atoms with Gasteiger partial charge in [-0.1, -0.05) is 23.7 Å². The molecule has 1 heterocycles. The van der Waals surface area contributed by atoms with Gasteiger partial charge < -0.3 is 9.64 Å². The molecule has 0 fully saturated rings. The van der Waals surface area contributed by atoms with Crippen LogP contribution in [-0.4, -0.2) is 21.3 Å². The molecule has 0 bridgehead atoms. The molecule has 0 saturated carbocycles. The summed E-state index contributed by atoms with van der Waals surface area (Å²) in [5, 5.41) is 0.577. The monoisotopic (exact) mass is 495 g/mol. The first kappa shape index (κ1) is 23.1. The fourth-order valence-corrected chi connectivity index (χ4v) is 3.88. The Hall–Kier alpha value is -3.08. The number of anilines is 1. The van der Waals surface area contributed by atoms with Gasteiger partial charge in [0, 0.05) is 10.7 Å². The molecule has 2 atom stereocenters. The third-order valence-corrected chi connectivity index (χ3v) is 5.50. The van der Waals surface area contributed by atoms with Crippen molar-refractivity contribution in [1.82, 2.24) is 4.72 Å². The predicted octanol–water partition coefficient (Wildman–Crippen LogP) is 5.79. The van der Waals surface area contributed by atoms with Gasteiger partial charge in [0.25, 0.3) is 11.3 Å². The molecule has 4 rings (SSSR count). The Balaban J connectivity index is 1.63. The van der Waals surface area contributed by atoms with Crippen LogP contribution in [0.5, 0.6) is 11.5 Å². The smallest absolute Gasteiger partial charge is 0.416 e. The molecule has 2 unspecified atom stereocenters. The molecule has 2 N–H and O–H groups in total. The van der Waals surface area contributed by atoms with Crippen LogP contribution in [0.1, 0.15) is 17.2 Å². The van der Waals surface area contributed by atoms with Crippen molar-refractivity contribution in [3.05, 3.63) is 88.9 Å². The maximum absolute atomic E-state index is 13.2. The van der Waals surface area contributed by atoms with E-state index in [1.807, 2.05) is 0 Å². The Bertz CT molecular complexity index is 1190. The van der Waals surface area contributed by atoms with Gasteiger partial charge in [-0.15, -0.1) is 0 Å². The molecule has 11 heteroatoms. The van der Waals surface area contributed by atoms with E-state index in [-0.39, 0.29) is 12.5 Å². The zero-order chi connectivity index (χ0) is 23.6. The second-order valence-corrected chi connectivity index (χ2v) is 8.21. The first-order valence-corrected chi connectivity index (χ1v) is 11.1. The van der Waals surface area contributed by atoms with Crippen molar-refractivity contribution < 1.29 is 26.7 Å². The van der Waals surface area contributed by atoms with Crippen LogP contribution in [0.4, 0.5) is 18.9 Å². The molecule has 1 aliphatic rings. The summed E-state index contributed by atoms with van der Waals surface area (Å²) in [7, 11) is 0. The quantitative estimate of drug-likeness (QED) is 0.439. The molecule has 0 aliphatic carbocycles. The van der Waals surface area contributed by atoms with Crippen molar-refractivity contribution in [2.45, 2.75) is 12.2 Å². The van der Waals surface area contributed by atoms with E-state index in [1.165, 1.54) is 6.07 Å². The highest BCUT2D eigenvalue weighted by Gasteiger charge is 2.35. The first-order valence-electron chi connectivity index (χ1n) is 9.62. The SMILES string of the molecule is O=S(O)NC1=NCC(c2cccc(C(F)(F)F)c2)N1c1ccc(Oc2ccc(Cl)cc2)cc1. The highest BCUT2D eigenvalue weighted by molar-refractivity contribution is 7.77. The van der Waals surface area contributed by atoms with E-state index < -0.39 is 29.0 Å². The Morgan fingerprint density at radius 1 is 1.06 bits per heavy atom. The van der Waals surface area contributed by atoms with Gasteiger partial charge in [0.1, 0.15) is 11.5 Å². The summed E-state index contributed by atoms with van der Waals surface area (Å²) in [4.78, 5) is 5.81. The summed E-state index contributed by atoms with van der Waals surface area (Å²) in [6, 6.07) is 17.9. The van der Waals surface area contributed by atoms with Gasteiger partial charge in [0.15, 0.2) is 0 Å². The van der Waals surface area contributed by atoms with Gasteiger partial charge in [0.05, 0.1) is 18.2 Å². The number of hydrogen-bond acceptors (Lipinski definition) is 4. The number of hydrogen-bond donors (Lipinski definition) is 2. The zero-order valence-electron chi connectivity index (χ0n) is 16.8. The number of ether oxygens (including phenoxy) is 1. The minimum Gasteiger partial charge on any atom is -0.457 e. The fourth-order valence-electron chi connectivity index (χ4n) is 3.43. The van der Waals surface area contributed by atoms with Crippen molar-refractivity contribution in [1.29, 1.82) is 0 Å². The number of nitrogens with zero attached hydrogens (tertiary/aromatic N) is 2. The third-order valence-electron chi connectivity index (χ3n) is 4.90. The molecule has 172 valence electrons. The second kappa shape index (κ2) is 9.42. The summed E-state index contributed by atoms with van der Waals surface area (Å²) in [6.07, 6.45) is -4.49. The van der Waals surface area contributed by atoms with Gasteiger partial charge in [0.2, 0.25) is 5.96 Å². The molecule has 0 radical (unpaired) electrons. The summed E-state index contributed by atoms with van der Waals surface area (Å²) in [5.74, 6) is 1.17. The summed E-state index contributed by atoms with van der Waals surface area (Å²) in [5.41, 5.74) is 0.143. The van der Waals surface area contributed by atoms with Gasteiger partial charge in [-0.05, 0) is 66.2 Å². The number of aliphatic imine (C=N–C) groups is 1. The number of nitrogens with one attached hydrogen (secondary N) is 1. The Morgan fingerprint density at radius 3 is 2.30 bits per heavy atom. The Morgan fingerprint density at radius 2 is 1.70 bits per heavy atom. The van der Waals surface area contributed by atoms with E-state index in [9.17, 15) is 21.9 Å². The van der Waals surface area contributed by atoms with Crippen molar-refractivity contribution in [2.75, 3.05) is 11.4 Å². The molecular weight excluding hydrogens is 479 g/mol. The summed E-state index contributed by atoms with van der Waals surface area (Å²) < 4.78 is 68.4. The van der Waals surface area contributed by atoms with Crippen molar-refractivity contribution in [3.8, 4) is 11.5 Å². The van der Waals surface area contributed by atoms with E-state index in [0.29, 0.717) is 27.8 Å². The highest BCUT2D eigenvalue weighted by Crippen LogP contribution is 2.36. The van der Waals surface area contributed by atoms with Crippen molar-refractivity contribution in [2.24, 2.45) is 4.99 Å². The van der Waals surface area contributed by atoms with Crippen LogP contribution in [0.3, 0.4) is 0 Å². The maximum atomic E-state index is 13.2. The van der Waals surface area contributed by atoms with Crippen molar-refractivity contribution in [3.63, 3.8) is 0 Å². The lowest BCUT2D eigenvalue weighted by Gasteiger charge is -2.28. The van der Waals surface area contributed by atoms with Crippen LogP contribution in [0.2, 0.25) is 5.02 Å². The standard InChI is InChI=1S/C22H17ClF3N3O3S/c23-16-4-8-18(9-5-16)32-19-10-6-17(7-11-19)29-20(13-27-21(29)28-33(30)31)14-2-1-3-15(12-14)22(24,25)26/h1-12,20H,13H2,(H,27,28)(H,30,31). The molecule has 0 aromatic heterocycles. The molecule has 1 aliphatic heterocycles. The molecule has 0 spiro atoms. The molecule has 33 heavy (non-hydrogen) atoms. The Kier molecular flexibility index (Phi) is 6.59. The number of alkyl halides is 3. The lowest BCUT2D eigenvalue weighted by molar-refractivity contribution is -0.137. The van der Waals surface area contributed by atoms with E-state index in [2.05, 4.69) is 9.71 Å². The van der Waals surface area contributed by atoms with Crippen molar-refractivity contribution >= 4 is 34.5 Å². The van der Waals surface area contributed by atoms with Gasteiger partial charge >= 0.3 is 6.18 Å². The minimum atomic E-state index is -4.49. The largest absolute Gasteiger partial charge is 0.457 e. The first-order chi connectivity index (χ1) is 15.7. The molecular formula is C22H17ClF3N3O3S. The van der Waals surface area contributed by atoms with E-state index in [1.54, 1.807) is 59.5 Å². The minimum absolute atomic E-state index is 0.0737. The number of guanidine groups is 1. The highest BCUT2D eigenvalue weighted by atomic mass is 35.5. The van der Waals surface area contributed by atoms with Crippen LogP contribution in [0.25, 0.3) is 0 Å². The van der Waals surface area contributed by atoms with Gasteiger partial charge in [-0.2, -0.15) is 13.2 Å². The lowest BCUT2D eigenvalue weighted by atomic mass is 10.0. The van der Waals surface area contributed by atoms with Crippen LogP contribution < -0.4 is 14.4 Å². The topological polar surface area (TPSA) is 74.2 Å². The molecule has 3 aromatic carbocycles. The van der Waals surface area contributed by atoms with Gasteiger partial charge in [-0.3, -0.25) is 9.27 Å². The number of halogens is 4. The average Bonchev–Trinajstić information content (AvgIpc) is 3.18. The maximum Gasteiger partial charge on any atom is 0.416 e. The van der Waals surface area contributed by atoms with E-state index in [4.69, 9.17) is 16.3 Å². The van der Waals surface area contributed by atoms with Crippen LogP contribution in [0.15, 0.2) is 77.8 Å². The van der Waals surface area contributed by atoms with E-state index >= 15 is 0 Å². The predicted molar refractivity (Wildman–Crippen MR) is 121 cm³/mol. The second-order valence-electron chi connectivity index (χ2n) is 7.07. The number of rotatable bonds is 5. The molecule has 6 nitrogen and oxygen atoms in total. The normalized spacial score (nSPS) is 16.9. The van der Waals surface area contributed by atoms with E-state index in [0.717, 1.165) is 12.1 Å². The summed E-state index contributed by atoms with van der Waals surface area (Å²) in [6.45, 7) is 0.101. The average molecular weight is 496 g/mol. The lowest BCUT2D eigenvalue weighted by Crippen LogP contribution is -2.40. The van der Waals surface area contributed by atoms with Crippen LogP contribution in [-0.2, 0) is 17.4 Å². The molecule has 3 aromatic rings. The van der Waals surface area contributed by atoms with Crippen LogP contribution in [0, 0.1) is 0 Å². The molecule has 0 amide bonds. The molecule has 0 saturated heterocycles. The Labute approximate surface area is 195 Å². The zero-order valence-corrected chi connectivity index (χ0v) is 18.4. The number of benzene rings is 3. The fraction of sp³-hybridized carbons (Fsp3) is 0.136. The third kappa shape index (κ3) is 5.47.